The largest absolute Gasteiger partial charge is 0.466 e. The van der Waals surface area contributed by atoms with Crippen LogP contribution in [0.1, 0.15) is 44.4 Å². The molecule has 0 unspecified atom stereocenters. The summed E-state index contributed by atoms with van der Waals surface area (Å²) >= 11 is 3.42. The van der Waals surface area contributed by atoms with Crippen LogP contribution in [-0.2, 0) is 14.9 Å². The highest BCUT2D eigenvalue weighted by molar-refractivity contribution is 9.10. The number of nitriles is 1. The normalized spacial score (nSPS) is 12.6. The monoisotopic (exact) mass is 338 g/mol. The van der Waals surface area contributed by atoms with E-state index in [0.29, 0.717) is 6.61 Å². The lowest BCUT2D eigenvalue weighted by Crippen LogP contribution is -2.19. The number of hydrogen-bond acceptors (Lipinski definition) is 4. The Morgan fingerprint density at radius 1 is 1.50 bits per heavy atom. The predicted octanol–water partition coefficient (Wildman–Crippen LogP) is 3.20. The van der Waals surface area contributed by atoms with Crippen LogP contribution in [0.25, 0.3) is 0 Å². The number of benzene rings is 1. The molecule has 0 aliphatic rings. The molecule has 0 spiro atoms. The highest BCUT2D eigenvalue weighted by atomic mass is 79.9. The molecule has 108 valence electrons. The summed E-state index contributed by atoms with van der Waals surface area (Å²) < 4.78 is 5.74. The van der Waals surface area contributed by atoms with Crippen molar-refractivity contribution in [2.24, 2.45) is 5.73 Å². The van der Waals surface area contributed by atoms with E-state index in [9.17, 15) is 10.1 Å². The van der Waals surface area contributed by atoms with Gasteiger partial charge in [0.2, 0.25) is 0 Å². The second-order valence-electron chi connectivity index (χ2n) is 5.13. The number of halogens is 1. The predicted molar refractivity (Wildman–Crippen MR) is 81.0 cm³/mol. The van der Waals surface area contributed by atoms with E-state index in [1.165, 1.54) is 0 Å². The first-order valence-corrected chi connectivity index (χ1v) is 7.23. The fourth-order valence-electron chi connectivity index (χ4n) is 1.77. The summed E-state index contributed by atoms with van der Waals surface area (Å²) in [5.74, 6) is -0.318. The van der Waals surface area contributed by atoms with Gasteiger partial charge in [-0.2, -0.15) is 5.26 Å². The number of nitrogens with zero attached hydrogens (tertiary/aromatic N) is 1. The molecule has 1 aromatic carbocycles. The molecule has 0 heterocycles. The maximum Gasteiger partial charge on any atom is 0.307 e. The third-order valence-electron chi connectivity index (χ3n) is 3.04. The lowest BCUT2D eigenvalue weighted by atomic mass is 9.84. The first-order chi connectivity index (χ1) is 9.30. The van der Waals surface area contributed by atoms with Crippen molar-refractivity contribution in [2.75, 3.05) is 6.61 Å². The van der Waals surface area contributed by atoms with Crippen molar-refractivity contribution in [1.29, 1.82) is 5.26 Å². The van der Waals surface area contributed by atoms with Gasteiger partial charge in [-0.15, -0.1) is 0 Å². The molecule has 20 heavy (non-hydrogen) atoms. The van der Waals surface area contributed by atoms with Crippen molar-refractivity contribution in [3.05, 3.63) is 33.8 Å². The van der Waals surface area contributed by atoms with Crippen LogP contribution in [0.4, 0.5) is 0 Å². The Labute approximate surface area is 128 Å². The van der Waals surface area contributed by atoms with Crippen LogP contribution in [0.5, 0.6) is 0 Å². The molecule has 0 saturated carbocycles. The minimum Gasteiger partial charge on any atom is -0.466 e. The molecule has 0 bridgehead atoms. The summed E-state index contributed by atoms with van der Waals surface area (Å²) in [6.07, 6.45) is 0.122. The van der Waals surface area contributed by atoms with Gasteiger partial charge in [-0.25, -0.2) is 0 Å². The molecule has 0 radical (unpaired) electrons. The molecular weight excluding hydrogens is 320 g/mol. The Hall–Kier alpha value is -1.38. The van der Waals surface area contributed by atoms with Gasteiger partial charge in [0.1, 0.15) is 0 Å². The Balaban J connectivity index is 3.02. The standard InChI is InChI=1S/C15H19BrN2O2/c1-4-20-14(19)8-13(18)10-5-11(7-12(16)6-10)15(2,3)9-17/h5-7,13H,4,8,18H2,1-3H3/t13-/m1/s1. The van der Waals surface area contributed by atoms with Crippen molar-refractivity contribution in [3.63, 3.8) is 0 Å². The van der Waals surface area contributed by atoms with Crippen molar-refractivity contribution in [1.82, 2.24) is 0 Å². The van der Waals surface area contributed by atoms with Gasteiger partial charge in [0.05, 0.1) is 24.5 Å². The van der Waals surface area contributed by atoms with E-state index in [1.54, 1.807) is 6.92 Å². The Morgan fingerprint density at radius 2 is 2.15 bits per heavy atom. The summed E-state index contributed by atoms with van der Waals surface area (Å²) in [6.45, 7) is 5.79. The van der Waals surface area contributed by atoms with E-state index in [0.717, 1.165) is 15.6 Å². The minimum atomic E-state index is -0.609. The number of esters is 1. The Kier molecular flexibility index (Phi) is 5.73. The third kappa shape index (κ3) is 4.32. The second-order valence-corrected chi connectivity index (χ2v) is 6.04. The first-order valence-electron chi connectivity index (χ1n) is 6.43. The Morgan fingerprint density at radius 3 is 2.70 bits per heavy atom. The van der Waals surface area contributed by atoms with Crippen LogP contribution < -0.4 is 5.73 Å². The summed E-state index contributed by atoms with van der Waals surface area (Å²) in [6, 6.07) is 7.44. The number of rotatable bonds is 5. The zero-order valence-corrected chi connectivity index (χ0v) is 13.5. The summed E-state index contributed by atoms with van der Waals surface area (Å²) in [5, 5.41) is 9.21. The SMILES string of the molecule is CCOC(=O)C[C@@H](N)c1cc(Br)cc(C(C)(C)C#N)c1. The smallest absolute Gasteiger partial charge is 0.307 e. The molecule has 4 nitrogen and oxygen atoms in total. The fraction of sp³-hybridized carbons (Fsp3) is 0.467. The molecule has 0 fully saturated rings. The number of carbonyl (C=O) groups is 1. The quantitative estimate of drug-likeness (QED) is 0.836. The molecule has 0 aliphatic carbocycles. The van der Waals surface area contributed by atoms with E-state index in [4.69, 9.17) is 10.5 Å². The van der Waals surface area contributed by atoms with Gasteiger partial charge in [0, 0.05) is 10.5 Å². The summed E-state index contributed by atoms with van der Waals surface area (Å²) in [7, 11) is 0. The van der Waals surface area contributed by atoms with Crippen LogP contribution in [0.3, 0.4) is 0 Å². The molecule has 0 amide bonds. The number of ether oxygens (including phenoxy) is 1. The number of nitrogens with two attached hydrogens (primary N) is 1. The van der Waals surface area contributed by atoms with Crippen LogP contribution in [0.2, 0.25) is 0 Å². The highest BCUT2D eigenvalue weighted by Crippen LogP contribution is 2.29. The first kappa shape index (κ1) is 16.7. The lowest BCUT2D eigenvalue weighted by Gasteiger charge is -2.19. The molecule has 1 aromatic rings. The summed E-state index contributed by atoms with van der Waals surface area (Å²) in [4.78, 5) is 11.5. The molecule has 5 heteroatoms. The average molecular weight is 339 g/mol. The maximum absolute atomic E-state index is 11.5. The van der Waals surface area contributed by atoms with Gasteiger partial charge >= 0.3 is 5.97 Å². The van der Waals surface area contributed by atoms with Gasteiger partial charge in [0.25, 0.3) is 0 Å². The van der Waals surface area contributed by atoms with Gasteiger partial charge < -0.3 is 10.5 Å². The van der Waals surface area contributed by atoms with Crippen molar-refractivity contribution >= 4 is 21.9 Å². The molecule has 2 N–H and O–H groups in total. The molecule has 0 aromatic heterocycles. The second kappa shape index (κ2) is 6.87. The number of hydrogen-bond donors (Lipinski definition) is 1. The van der Waals surface area contributed by atoms with Crippen LogP contribution in [0.15, 0.2) is 22.7 Å². The van der Waals surface area contributed by atoms with Crippen LogP contribution in [-0.4, -0.2) is 12.6 Å². The van der Waals surface area contributed by atoms with E-state index in [1.807, 2.05) is 32.0 Å². The zero-order chi connectivity index (χ0) is 15.3. The molecule has 0 saturated heterocycles. The highest BCUT2D eigenvalue weighted by Gasteiger charge is 2.22. The van der Waals surface area contributed by atoms with Gasteiger partial charge in [-0.05, 0) is 44.0 Å². The van der Waals surface area contributed by atoms with Crippen molar-refractivity contribution in [2.45, 2.75) is 38.6 Å². The third-order valence-corrected chi connectivity index (χ3v) is 3.50. The molecular formula is C15H19BrN2O2. The fourth-order valence-corrected chi connectivity index (χ4v) is 2.28. The number of carbonyl (C=O) groups excluding carboxylic acids is 1. The maximum atomic E-state index is 11.5. The van der Waals surface area contributed by atoms with Crippen LogP contribution >= 0.6 is 15.9 Å². The van der Waals surface area contributed by atoms with Gasteiger partial charge in [-0.1, -0.05) is 22.0 Å². The van der Waals surface area contributed by atoms with Crippen molar-refractivity contribution < 1.29 is 9.53 Å². The molecule has 0 aliphatic heterocycles. The van der Waals surface area contributed by atoms with Gasteiger partial charge in [-0.3, -0.25) is 4.79 Å². The van der Waals surface area contributed by atoms with E-state index < -0.39 is 11.5 Å². The average Bonchev–Trinajstić information content (AvgIpc) is 2.38. The van der Waals surface area contributed by atoms with E-state index in [2.05, 4.69) is 22.0 Å². The lowest BCUT2D eigenvalue weighted by molar-refractivity contribution is -0.143. The van der Waals surface area contributed by atoms with Crippen molar-refractivity contribution in [3.8, 4) is 6.07 Å². The Bertz CT molecular complexity index is 535. The van der Waals surface area contributed by atoms with E-state index >= 15 is 0 Å². The molecule has 1 atom stereocenters. The zero-order valence-electron chi connectivity index (χ0n) is 11.9. The summed E-state index contributed by atoms with van der Waals surface area (Å²) in [5.41, 5.74) is 7.11. The molecule has 1 rings (SSSR count). The van der Waals surface area contributed by atoms with Crippen LogP contribution in [0, 0.1) is 11.3 Å². The van der Waals surface area contributed by atoms with E-state index in [-0.39, 0.29) is 12.4 Å². The minimum absolute atomic E-state index is 0.122. The van der Waals surface area contributed by atoms with Gasteiger partial charge in [0.15, 0.2) is 0 Å². The topological polar surface area (TPSA) is 76.1 Å².